The summed E-state index contributed by atoms with van der Waals surface area (Å²) >= 11 is 5.93. The van der Waals surface area contributed by atoms with Gasteiger partial charge in [0.2, 0.25) is 0 Å². The minimum atomic E-state index is -0.325. The maximum Gasteiger partial charge on any atom is 0.124 e. The summed E-state index contributed by atoms with van der Waals surface area (Å²) in [6.45, 7) is 2.82. The molecule has 112 valence electrons. The third-order valence-corrected chi connectivity index (χ3v) is 3.44. The molecule has 0 atom stereocenters. The van der Waals surface area contributed by atoms with Gasteiger partial charge in [0.25, 0.3) is 0 Å². The van der Waals surface area contributed by atoms with Crippen LogP contribution in [0.15, 0.2) is 48.5 Å². The molecule has 0 amide bonds. The third-order valence-electron chi connectivity index (χ3n) is 3.09. The van der Waals surface area contributed by atoms with E-state index in [1.807, 2.05) is 18.2 Å². The number of hydrogen-bond acceptors (Lipinski definition) is 2. The highest BCUT2D eigenvalue weighted by Gasteiger charge is 2.01. The summed E-state index contributed by atoms with van der Waals surface area (Å²) in [6, 6.07) is 14.6. The fourth-order valence-corrected chi connectivity index (χ4v) is 2.17. The van der Waals surface area contributed by atoms with E-state index in [9.17, 15) is 4.39 Å². The summed E-state index contributed by atoms with van der Waals surface area (Å²) in [4.78, 5) is 0. The van der Waals surface area contributed by atoms with Crippen LogP contribution >= 0.6 is 11.6 Å². The molecule has 0 unspecified atom stereocenters. The van der Waals surface area contributed by atoms with Crippen molar-refractivity contribution in [2.75, 3.05) is 13.2 Å². The summed E-state index contributed by atoms with van der Waals surface area (Å²) in [5.41, 5.74) is 2.09. The molecule has 2 rings (SSSR count). The number of halogens is 2. The van der Waals surface area contributed by atoms with Gasteiger partial charge in [-0.15, -0.1) is 0 Å². The van der Waals surface area contributed by atoms with Crippen LogP contribution in [0.2, 0.25) is 5.02 Å². The number of rotatable bonds is 8. The Kier molecular flexibility index (Phi) is 6.67. The Hall–Kier alpha value is -1.42. The highest BCUT2D eigenvalue weighted by molar-refractivity contribution is 6.31. The molecule has 2 aromatic carbocycles. The SMILES string of the molecule is Fc1ccc(COCCCNCc2ccccc2)c(Cl)c1. The van der Waals surface area contributed by atoms with Crippen molar-refractivity contribution in [3.05, 3.63) is 70.5 Å². The highest BCUT2D eigenvalue weighted by Crippen LogP contribution is 2.17. The zero-order chi connectivity index (χ0) is 14.9. The number of ether oxygens (including phenoxy) is 1. The minimum absolute atomic E-state index is 0.325. The number of benzene rings is 2. The first-order valence-electron chi connectivity index (χ1n) is 7.02. The molecule has 0 saturated heterocycles. The third kappa shape index (κ3) is 5.84. The summed E-state index contributed by atoms with van der Waals surface area (Å²) in [6.07, 6.45) is 0.922. The van der Waals surface area contributed by atoms with Crippen LogP contribution in [0.25, 0.3) is 0 Å². The molecule has 4 heteroatoms. The van der Waals surface area contributed by atoms with Gasteiger partial charge in [0.15, 0.2) is 0 Å². The zero-order valence-electron chi connectivity index (χ0n) is 11.8. The maximum absolute atomic E-state index is 12.9. The van der Waals surface area contributed by atoms with E-state index in [-0.39, 0.29) is 5.82 Å². The van der Waals surface area contributed by atoms with Crippen LogP contribution < -0.4 is 5.32 Å². The largest absolute Gasteiger partial charge is 0.377 e. The van der Waals surface area contributed by atoms with Crippen molar-refractivity contribution in [3.8, 4) is 0 Å². The van der Waals surface area contributed by atoms with E-state index in [0.717, 1.165) is 25.1 Å². The van der Waals surface area contributed by atoms with E-state index in [2.05, 4.69) is 17.4 Å². The van der Waals surface area contributed by atoms with Crippen molar-refractivity contribution in [2.45, 2.75) is 19.6 Å². The first-order chi connectivity index (χ1) is 10.3. The summed E-state index contributed by atoms with van der Waals surface area (Å²) in [5.74, 6) is -0.325. The maximum atomic E-state index is 12.9. The molecule has 0 heterocycles. The average molecular weight is 308 g/mol. The molecule has 0 aliphatic rings. The first-order valence-corrected chi connectivity index (χ1v) is 7.40. The van der Waals surface area contributed by atoms with Crippen LogP contribution in [0.3, 0.4) is 0 Å². The Morgan fingerprint density at radius 1 is 1.10 bits per heavy atom. The van der Waals surface area contributed by atoms with Crippen molar-refractivity contribution in [1.82, 2.24) is 5.32 Å². The van der Waals surface area contributed by atoms with Gasteiger partial charge in [0.05, 0.1) is 6.61 Å². The van der Waals surface area contributed by atoms with Crippen LogP contribution in [-0.4, -0.2) is 13.2 Å². The van der Waals surface area contributed by atoms with Crippen molar-refractivity contribution >= 4 is 11.6 Å². The molecule has 0 spiro atoms. The molecule has 0 radical (unpaired) electrons. The van der Waals surface area contributed by atoms with Crippen molar-refractivity contribution in [3.63, 3.8) is 0 Å². The van der Waals surface area contributed by atoms with Crippen LogP contribution in [0.1, 0.15) is 17.5 Å². The number of nitrogens with one attached hydrogen (secondary N) is 1. The molecular weight excluding hydrogens is 289 g/mol. The molecule has 0 aliphatic carbocycles. The fourth-order valence-electron chi connectivity index (χ4n) is 1.95. The van der Waals surface area contributed by atoms with Crippen molar-refractivity contribution in [2.24, 2.45) is 0 Å². The highest BCUT2D eigenvalue weighted by atomic mass is 35.5. The second-order valence-electron chi connectivity index (χ2n) is 4.80. The van der Waals surface area contributed by atoms with Crippen LogP contribution in [0, 0.1) is 5.82 Å². The first kappa shape index (κ1) is 16.0. The normalized spacial score (nSPS) is 10.8. The van der Waals surface area contributed by atoms with Gasteiger partial charge >= 0.3 is 0 Å². The zero-order valence-corrected chi connectivity index (χ0v) is 12.6. The lowest BCUT2D eigenvalue weighted by atomic mass is 10.2. The van der Waals surface area contributed by atoms with E-state index in [1.54, 1.807) is 6.07 Å². The molecule has 0 aromatic heterocycles. The van der Waals surface area contributed by atoms with Gasteiger partial charge in [-0.2, -0.15) is 0 Å². The van der Waals surface area contributed by atoms with E-state index < -0.39 is 0 Å². The van der Waals surface area contributed by atoms with E-state index >= 15 is 0 Å². The second kappa shape index (κ2) is 8.78. The fraction of sp³-hybridized carbons (Fsp3) is 0.294. The molecule has 21 heavy (non-hydrogen) atoms. The predicted molar refractivity (Wildman–Crippen MR) is 83.8 cm³/mol. The van der Waals surface area contributed by atoms with E-state index in [0.29, 0.717) is 18.2 Å². The Balaban J connectivity index is 1.56. The average Bonchev–Trinajstić information content (AvgIpc) is 2.49. The van der Waals surface area contributed by atoms with Crippen molar-refractivity contribution in [1.29, 1.82) is 0 Å². The van der Waals surface area contributed by atoms with Gasteiger partial charge in [-0.05, 0) is 36.2 Å². The molecule has 0 saturated carbocycles. The van der Waals surface area contributed by atoms with Crippen molar-refractivity contribution < 1.29 is 9.13 Å². The lowest BCUT2D eigenvalue weighted by molar-refractivity contribution is 0.118. The molecule has 1 N–H and O–H groups in total. The number of hydrogen-bond donors (Lipinski definition) is 1. The lowest BCUT2D eigenvalue weighted by Crippen LogP contribution is -2.16. The standard InChI is InChI=1S/C17H19ClFNO/c18-17-11-16(19)8-7-15(17)13-21-10-4-9-20-12-14-5-2-1-3-6-14/h1-3,5-8,11,20H,4,9-10,12-13H2. The molecule has 2 nitrogen and oxygen atoms in total. The Bertz CT molecular complexity index is 548. The van der Waals surface area contributed by atoms with Gasteiger partial charge in [0.1, 0.15) is 5.82 Å². The quantitative estimate of drug-likeness (QED) is 0.739. The summed E-state index contributed by atoms with van der Waals surface area (Å²) in [7, 11) is 0. The lowest BCUT2D eigenvalue weighted by Gasteiger charge is -2.07. The van der Waals surface area contributed by atoms with Gasteiger partial charge in [-0.3, -0.25) is 0 Å². The van der Waals surface area contributed by atoms with Gasteiger partial charge in [-0.25, -0.2) is 4.39 Å². The van der Waals surface area contributed by atoms with E-state index in [4.69, 9.17) is 16.3 Å². The summed E-state index contributed by atoms with van der Waals surface area (Å²) < 4.78 is 18.4. The second-order valence-corrected chi connectivity index (χ2v) is 5.21. The molecule has 0 aliphatic heterocycles. The topological polar surface area (TPSA) is 21.3 Å². The van der Waals surface area contributed by atoms with E-state index in [1.165, 1.54) is 17.7 Å². The smallest absolute Gasteiger partial charge is 0.124 e. The van der Waals surface area contributed by atoms with Gasteiger partial charge in [0, 0.05) is 18.2 Å². The molecule has 0 bridgehead atoms. The monoisotopic (exact) mass is 307 g/mol. The molecular formula is C17H19ClFNO. The van der Waals surface area contributed by atoms with Gasteiger partial charge < -0.3 is 10.1 Å². The van der Waals surface area contributed by atoms with Crippen LogP contribution in [-0.2, 0) is 17.9 Å². The Morgan fingerprint density at radius 3 is 2.67 bits per heavy atom. The Labute approximate surface area is 129 Å². The minimum Gasteiger partial charge on any atom is -0.377 e. The van der Waals surface area contributed by atoms with Crippen LogP contribution in [0.4, 0.5) is 4.39 Å². The summed E-state index contributed by atoms with van der Waals surface area (Å²) in [5, 5.41) is 3.78. The molecule has 2 aromatic rings. The molecule has 0 fully saturated rings. The van der Waals surface area contributed by atoms with Crippen LogP contribution in [0.5, 0.6) is 0 Å². The Morgan fingerprint density at radius 2 is 1.90 bits per heavy atom. The van der Waals surface area contributed by atoms with Gasteiger partial charge in [-0.1, -0.05) is 48.0 Å². The predicted octanol–water partition coefficient (Wildman–Crippen LogP) is 4.18.